The third kappa shape index (κ3) is 3.52. The standard InChI is InChI=1S/C20H30FN3O/c1-15(2)20(7-6-17(22)13-20)19(25)24-10-8-23(9-11-24)18-5-3-4-16(12-18)14-21/h3-5,12,15,17H,6-11,13-14,22H2,1-2H3/t17-,20+/m1/s1. The van der Waals surface area contributed by atoms with Gasteiger partial charge >= 0.3 is 0 Å². The molecular formula is C20H30FN3O. The first-order chi connectivity index (χ1) is 12.0. The molecule has 5 heteroatoms. The van der Waals surface area contributed by atoms with E-state index in [0.717, 1.165) is 51.1 Å². The zero-order chi connectivity index (χ0) is 18.0. The van der Waals surface area contributed by atoms with Crippen LogP contribution in [0.4, 0.5) is 10.1 Å². The number of anilines is 1. The van der Waals surface area contributed by atoms with E-state index in [2.05, 4.69) is 18.7 Å². The van der Waals surface area contributed by atoms with E-state index < -0.39 is 6.67 Å². The summed E-state index contributed by atoms with van der Waals surface area (Å²) in [6.45, 7) is 6.89. The maximum atomic E-state index is 13.3. The number of carbonyl (C=O) groups is 1. The summed E-state index contributed by atoms with van der Waals surface area (Å²) >= 11 is 0. The summed E-state index contributed by atoms with van der Waals surface area (Å²) in [7, 11) is 0. The Kier molecular flexibility index (Phi) is 5.32. The van der Waals surface area contributed by atoms with E-state index in [9.17, 15) is 9.18 Å². The van der Waals surface area contributed by atoms with Gasteiger partial charge in [-0.15, -0.1) is 0 Å². The molecule has 1 aliphatic heterocycles. The number of rotatable bonds is 4. The quantitative estimate of drug-likeness (QED) is 0.911. The molecular weight excluding hydrogens is 317 g/mol. The molecule has 1 aliphatic carbocycles. The van der Waals surface area contributed by atoms with Gasteiger partial charge in [-0.05, 0) is 42.9 Å². The number of benzene rings is 1. The molecule has 2 fully saturated rings. The fraction of sp³-hybridized carbons (Fsp3) is 0.650. The Hall–Kier alpha value is -1.62. The van der Waals surface area contributed by atoms with E-state index >= 15 is 0 Å². The first kappa shape index (κ1) is 18.2. The van der Waals surface area contributed by atoms with Crippen molar-refractivity contribution in [1.82, 2.24) is 4.90 Å². The number of carbonyl (C=O) groups excluding carboxylic acids is 1. The SMILES string of the molecule is CC(C)[C@]1(C(=O)N2CCN(c3cccc(CF)c3)CC2)CC[C@@H](N)C1. The van der Waals surface area contributed by atoms with Crippen molar-refractivity contribution < 1.29 is 9.18 Å². The van der Waals surface area contributed by atoms with Crippen molar-refractivity contribution in [1.29, 1.82) is 0 Å². The third-order valence-electron chi connectivity index (χ3n) is 6.12. The first-order valence-corrected chi connectivity index (χ1v) is 9.41. The molecule has 0 bridgehead atoms. The highest BCUT2D eigenvalue weighted by molar-refractivity contribution is 5.84. The highest BCUT2D eigenvalue weighted by atomic mass is 19.1. The Morgan fingerprint density at radius 3 is 2.60 bits per heavy atom. The lowest BCUT2D eigenvalue weighted by atomic mass is 9.74. The summed E-state index contributed by atoms with van der Waals surface area (Å²) in [4.78, 5) is 17.5. The van der Waals surface area contributed by atoms with E-state index in [1.165, 1.54) is 0 Å². The molecule has 0 spiro atoms. The van der Waals surface area contributed by atoms with E-state index in [4.69, 9.17) is 5.73 Å². The van der Waals surface area contributed by atoms with Crippen LogP contribution in [-0.4, -0.2) is 43.0 Å². The van der Waals surface area contributed by atoms with Gasteiger partial charge in [-0.3, -0.25) is 4.79 Å². The number of nitrogens with two attached hydrogens (primary N) is 1. The van der Waals surface area contributed by atoms with Gasteiger partial charge in [0.1, 0.15) is 6.67 Å². The minimum Gasteiger partial charge on any atom is -0.368 e. The van der Waals surface area contributed by atoms with Crippen molar-refractivity contribution in [3.05, 3.63) is 29.8 Å². The van der Waals surface area contributed by atoms with E-state index in [1.54, 1.807) is 6.07 Å². The fourth-order valence-electron chi connectivity index (χ4n) is 4.40. The molecule has 3 rings (SSSR count). The molecule has 4 nitrogen and oxygen atoms in total. The topological polar surface area (TPSA) is 49.6 Å². The number of alkyl halides is 1. The predicted molar refractivity (Wildman–Crippen MR) is 99.1 cm³/mol. The summed E-state index contributed by atoms with van der Waals surface area (Å²) in [6, 6.07) is 7.77. The van der Waals surface area contributed by atoms with Crippen molar-refractivity contribution in [2.75, 3.05) is 31.1 Å². The van der Waals surface area contributed by atoms with Gasteiger partial charge in [0.25, 0.3) is 0 Å². The molecule has 2 atom stereocenters. The lowest BCUT2D eigenvalue weighted by Crippen LogP contribution is -2.54. The fourth-order valence-corrected chi connectivity index (χ4v) is 4.40. The zero-order valence-electron chi connectivity index (χ0n) is 15.4. The summed E-state index contributed by atoms with van der Waals surface area (Å²) < 4.78 is 12.9. The number of hydrogen-bond acceptors (Lipinski definition) is 3. The Balaban J connectivity index is 1.66. The minimum absolute atomic E-state index is 0.149. The summed E-state index contributed by atoms with van der Waals surface area (Å²) in [6.07, 6.45) is 2.66. The van der Waals surface area contributed by atoms with Crippen LogP contribution in [0.3, 0.4) is 0 Å². The average molecular weight is 347 g/mol. The number of hydrogen-bond donors (Lipinski definition) is 1. The van der Waals surface area contributed by atoms with Crippen LogP contribution in [-0.2, 0) is 11.5 Å². The molecule has 1 aromatic carbocycles. The second-order valence-electron chi connectivity index (χ2n) is 7.90. The van der Waals surface area contributed by atoms with E-state index in [1.807, 2.05) is 23.1 Å². The highest BCUT2D eigenvalue weighted by Gasteiger charge is 2.48. The highest BCUT2D eigenvalue weighted by Crippen LogP contribution is 2.45. The number of amides is 1. The van der Waals surface area contributed by atoms with E-state index in [0.29, 0.717) is 11.5 Å². The number of nitrogens with zero attached hydrogens (tertiary/aromatic N) is 2. The van der Waals surface area contributed by atoms with Crippen LogP contribution < -0.4 is 10.6 Å². The lowest BCUT2D eigenvalue weighted by molar-refractivity contribution is -0.145. The van der Waals surface area contributed by atoms with Gasteiger partial charge in [0.15, 0.2) is 0 Å². The summed E-state index contributed by atoms with van der Waals surface area (Å²) in [5, 5.41) is 0. The molecule has 2 N–H and O–H groups in total. The van der Waals surface area contributed by atoms with Gasteiger partial charge in [0, 0.05) is 37.9 Å². The van der Waals surface area contributed by atoms with Gasteiger partial charge in [-0.25, -0.2) is 4.39 Å². The molecule has 0 unspecified atom stereocenters. The van der Waals surface area contributed by atoms with Gasteiger partial charge in [0.2, 0.25) is 5.91 Å². The molecule has 25 heavy (non-hydrogen) atoms. The van der Waals surface area contributed by atoms with Crippen LogP contribution in [0.1, 0.15) is 38.7 Å². The molecule has 1 saturated heterocycles. The molecule has 138 valence electrons. The van der Waals surface area contributed by atoms with Crippen molar-refractivity contribution in [3.63, 3.8) is 0 Å². The second kappa shape index (κ2) is 7.32. The average Bonchev–Trinajstić information content (AvgIpc) is 3.04. The van der Waals surface area contributed by atoms with Gasteiger partial charge in [-0.2, -0.15) is 0 Å². The second-order valence-corrected chi connectivity index (χ2v) is 7.90. The zero-order valence-corrected chi connectivity index (χ0v) is 15.4. The predicted octanol–water partition coefficient (Wildman–Crippen LogP) is 2.96. The third-order valence-corrected chi connectivity index (χ3v) is 6.12. The Bertz CT molecular complexity index is 613. The molecule has 2 aliphatic rings. The molecule has 1 heterocycles. The molecule has 1 amide bonds. The first-order valence-electron chi connectivity index (χ1n) is 9.41. The lowest BCUT2D eigenvalue weighted by Gasteiger charge is -2.42. The van der Waals surface area contributed by atoms with Gasteiger partial charge in [-0.1, -0.05) is 26.0 Å². The van der Waals surface area contributed by atoms with Crippen LogP contribution in [0.25, 0.3) is 0 Å². The van der Waals surface area contributed by atoms with Crippen LogP contribution in [0.15, 0.2) is 24.3 Å². The monoisotopic (exact) mass is 347 g/mol. The van der Waals surface area contributed by atoms with Crippen LogP contribution in [0.2, 0.25) is 0 Å². The minimum atomic E-state index is -0.441. The molecule has 1 aromatic rings. The van der Waals surface area contributed by atoms with Crippen molar-refractivity contribution >= 4 is 11.6 Å². The Morgan fingerprint density at radius 1 is 1.32 bits per heavy atom. The molecule has 0 aromatic heterocycles. The van der Waals surface area contributed by atoms with Crippen molar-refractivity contribution in [2.45, 2.75) is 45.8 Å². The summed E-state index contributed by atoms with van der Waals surface area (Å²) in [5.41, 5.74) is 7.60. The largest absolute Gasteiger partial charge is 0.368 e. The van der Waals surface area contributed by atoms with Crippen LogP contribution in [0, 0.1) is 11.3 Å². The maximum absolute atomic E-state index is 13.3. The number of piperazine rings is 1. The normalized spacial score (nSPS) is 27.2. The maximum Gasteiger partial charge on any atom is 0.229 e. The Labute approximate surface area is 150 Å². The molecule has 1 saturated carbocycles. The Morgan fingerprint density at radius 2 is 2.04 bits per heavy atom. The van der Waals surface area contributed by atoms with E-state index in [-0.39, 0.29) is 17.4 Å². The molecule has 0 radical (unpaired) electrons. The van der Waals surface area contributed by atoms with Gasteiger partial charge in [0.05, 0.1) is 5.41 Å². The number of halogens is 1. The van der Waals surface area contributed by atoms with Gasteiger partial charge < -0.3 is 15.5 Å². The van der Waals surface area contributed by atoms with Crippen LogP contribution in [0.5, 0.6) is 0 Å². The van der Waals surface area contributed by atoms with Crippen molar-refractivity contribution in [2.24, 2.45) is 17.1 Å². The smallest absolute Gasteiger partial charge is 0.229 e. The van der Waals surface area contributed by atoms with Crippen LogP contribution >= 0.6 is 0 Å². The van der Waals surface area contributed by atoms with Crippen molar-refractivity contribution in [3.8, 4) is 0 Å². The summed E-state index contributed by atoms with van der Waals surface area (Å²) in [5.74, 6) is 0.598.